The highest BCUT2D eigenvalue weighted by atomic mass is 32.1. The minimum absolute atomic E-state index is 0.145. The summed E-state index contributed by atoms with van der Waals surface area (Å²) in [4.78, 5) is 26.8. The first kappa shape index (κ1) is 15.8. The molecule has 0 N–H and O–H groups in total. The number of fused-ring (bicyclic) bond motifs is 7. The van der Waals surface area contributed by atoms with Crippen LogP contribution in [0.1, 0.15) is 41.3 Å². The van der Waals surface area contributed by atoms with Crippen molar-refractivity contribution in [3.05, 3.63) is 51.0 Å². The summed E-state index contributed by atoms with van der Waals surface area (Å²) in [5.41, 5.74) is 2.84. The largest absolute Gasteiger partial charge is 0.355 e. The van der Waals surface area contributed by atoms with Gasteiger partial charge in [0.25, 0.3) is 5.56 Å². The van der Waals surface area contributed by atoms with Crippen molar-refractivity contribution in [3.8, 4) is 0 Å². The minimum Gasteiger partial charge on any atom is -0.355 e. The molecule has 3 aromatic heterocycles. The van der Waals surface area contributed by atoms with E-state index in [0.717, 1.165) is 36.7 Å². The zero-order chi connectivity index (χ0) is 18.0. The van der Waals surface area contributed by atoms with Crippen molar-refractivity contribution in [1.82, 2.24) is 14.5 Å². The van der Waals surface area contributed by atoms with Crippen LogP contribution in [0.25, 0.3) is 10.2 Å². The number of hydrogen-bond acceptors (Lipinski definition) is 5. The Hall–Kier alpha value is -2.21. The number of aryl methyl sites for hydroxylation is 2. The molecule has 138 valence electrons. The van der Waals surface area contributed by atoms with E-state index in [1.165, 1.54) is 47.2 Å². The monoisotopic (exact) mass is 378 g/mol. The molecule has 3 aliphatic rings. The second kappa shape index (κ2) is 5.89. The first-order valence-electron chi connectivity index (χ1n) is 9.98. The van der Waals surface area contributed by atoms with E-state index in [1.54, 1.807) is 12.4 Å². The van der Waals surface area contributed by atoms with E-state index in [2.05, 4.69) is 16.0 Å². The minimum atomic E-state index is 0.145. The molecule has 5 heterocycles. The van der Waals surface area contributed by atoms with Crippen molar-refractivity contribution in [2.45, 2.75) is 44.6 Å². The maximum Gasteiger partial charge on any atom is 0.250 e. The van der Waals surface area contributed by atoms with E-state index in [0.29, 0.717) is 11.8 Å². The molecule has 0 saturated carbocycles. The molecule has 0 aromatic carbocycles. The van der Waals surface area contributed by atoms with Crippen LogP contribution in [0.2, 0.25) is 0 Å². The maximum atomic E-state index is 12.3. The molecular weight excluding hydrogens is 356 g/mol. The molecular formula is C21H22N4OS. The van der Waals surface area contributed by atoms with Crippen LogP contribution in [-0.2, 0) is 19.4 Å². The van der Waals surface area contributed by atoms with Gasteiger partial charge in [-0.25, -0.2) is 9.97 Å². The average Bonchev–Trinajstić information content (AvgIpc) is 3.07. The van der Waals surface area contributed by atoms with Gasteiger partial charge in [-0.05, 0) is 49.7 Å². The van der Waals surface area contributed by atoms with E-state index in [1.807, 2.05) is 22.0 Å². The average molecular weight is 379 g/mol. The molecule has 0 radical (unpaired) electrons. The molecule has 27 heavy (non-hydrogen) atoms. The van der Waals surface area contributed by atoms with Crippen LogP contribution in [0, 0.1) is 5.92 Å². The predicted molar refractivity (Wildman–Crippen MR) is 108 cm³/mol. The van der Waals surface area contributed by atoms with E-state index in [9.17, 15) is 4.79 Å². The Balaban J connectivity index is 1.44. The Labute approximate surface area is 161 Å². The lowest BCUT2D eigenvalue weighted by Crippen LogP contribution is -2.47. The topological polar surface area (TPSA) is 51.0 Å². The Morgan fingerprint density at radius 3 is 2.96 bits per heavy atom. The molecule has 3 aromatic rings. The van der Waals surface area contributed by atoms with E-state index in [-0.39, 0.29) is 5.56 Å². The molecule has 2 unspecified atom stereocenters. The van der Waals surface area contributed by atoms with Gasteiger partial charge >= 0.3 is 0 Å². The molecule has 2 bridgehead atoms. The molecule has 2 atom stereocenters. The van der Waals surface area contributed by atoms with Gasteiger partial charge in [0.1, 0.15) is 17.0 Å². The van der Waals surface area contributed by atoms with Gasteiger partial charge < -0.3 is 9.47 Å². The van der Waals surface area contributed by atoms with Crippen LogP contribution in [0.5, 0.6) is 0 Å². The smallest absolute Gasteiger partial charge is 0.250 e. The third-order valence-corrected chi connectivity index (χ3v) is 7.71. The summed E-state index contributed by atoms with van der Waals surface area (Å²) < 4.78 is 2.00. The highest BCUT2D eigenvalue weighted by molar-refractivity contribution is 7.19. The van der Waals surface area contributed by atoms with Crippen molar-refractivity contribution in [3.63, 3.8) is 0 Å². The molecule has 1 saturated heterocycles. The molecule has 5 nitrogen and oxygen atoms in total. The van der Waals surface area contributed by atoms with Crippen LogP contribution in [0.4, 0.5) is 5.82 Å². The fourth-order valence-corrected chi connectivity index (χ4v) is 6.61. The van der Waals surface area contributed by atoms with Crippen LogP contribution in [-0.4, -0.2) is 27.6 Å². The number of hydrogen-bond donors (Lipinski definition) is 0. The number of thiophene rings is 1. The van der Waals surface area contributed by atoms with E-state index < -0.39 is 0 Å². The van der Waals surface area contributed by atoms with Crippen molar-refractivity contribution in [1.29, 1.82) is 0 Å². The van der Waals surface area contributed by atoms with Crippen LogP contribution >= 0.6 is 11.3 Å². The van der Waals surface area contributed by atoms with Crippen LogP contribution in [0.15, 0.2) is 29.3 Å². The van der Waals surface area contributed by atoms with Crippen molar-refractivity contribution in [2.24, 2.45) is 5.92 Å². The molecule has 6 heteroatoms. The lowest BCUT2D eigenvalue weighted by molar-refractivity contribution is 0.281. The first-order valence-corrected chi connectivity index (χ1v) is 10.8. The SMILES string of the molecule is O=c1cccc2n1CC1CC2CN(c2ncnc3sc4c(c23)CCCC4)C1. The summed E-state index contributed by atoms with van der Waals surface area (Å²) >= 11 is 1.87. The molecule has 0 spiro atoms. The Morgan fingerprint density at radius 1 is 1.07 bits per heavy atom. The van der Waals surface area contributed by atoms with E-state index >= 15 is 0 Å². The van der Waals surface area contributed by atoms with Crippen molar-refractivity contribution >= 4 is 27.4 Å². The highest BCUT2D eigenvalue weighted by Crippen LogP contribution is 2.42. The molecule has 0 amide bonds. The number of piperidine rings is 1. The zero-order valence-electron chi connectivity index (χ0n) is 15.2. The second-order valence-corrected chi connectivity index (χ2v) is 9.28. The predicted octanol–water partition coefficient (Wildman–Crippen LogP) is 3.36. The number of anilines is 1. The summed E-state index contributed by atoms with van der Waals surface area (Å²) in [6, 6.07) is 5.73. The maximum absolute atomic E-state index is 12.3. The third kappa shape index (κ3) is 2.39. The highest BCUT2D eigenvalue weighted by Gasteiger charge is 2.36. The number of pyridine rings is 1. The summed E-state index contributed by atoms with van der Waals surface area (Å²) in [6.07, 6.45) is 7.83. The Bertz CT molecular complexity index is 1100. The standard InChI is InChI=1S/C21H22N4OS/c26-18-7-3-5-16-14-8-13(10-25(16)18)9-24(11-14)20-19-15-4-1-2-6-17(15)27-21(19)23-12-22-20/h3,5,7,12-14H,1-2,4,6,8-11H2. The fourth-order valence-electron chi connectivity index (χ4n) is 5.38. The fraction of sp³-hybridized carbons (Fsp3) is 0.476. The quantitative estimate of drug-likeness (QED) is 0.652. The van der Waals surface area contributed by atoms with Gasteiger partial charge in [-0.3, -0.25) is 4.79 Å². The molecule has 1 fully saturated rings. The van der Waals surface area contributed by atoms with Crippen molar-refractivity contribution in [2.75, 3.05) is 18.0 Å². The second-order valence-electron chi connectivity index (χ2n) is 8.19. The number of aromatic nitrogens is 3. The van der Waals surface area contributed by atoms with Gasteiger partial charge in [0.05, 0.1) is 5.39 Å². The van der Waals surface area contributed by atoms with Gasteiger partial charge in [0.2, 0.25) is 0 Å². The van der Waals surface area contributed by atoms with Gasteiger partial charge in [0.15, 0.2) is 0 Å². The van der Waals surface area contributed by atoms with Gasteiger partial charge in [0, 0.05) is 42.2 Å². The van der Waals surface area contributed by atoms with E-state index in [4.69, 9.17) is 4.98 Å². The molecule has 1 aliphatic carbocycles. The van der Waals surface area contributed by atoms with Crippen LogP contribution in [0.3, 0.4) is 0 Å². The van der Waals surface area contributed by atoms with Gasteiger partial charge in [-0.15, -0.1) is 11.3 Å². The summed E-state index contributed by atoms with van der Waals surface area (Å²) in [7, 11) is 0. The Morgan fingerprint density at radius 2 is 2.00 bits per heavy atom. The lowest BCUT2D eigenvalue weighted by atomic mass is 9.83. The van der Waals surface area contributed by atoms with Crippen molar-refractivity contribution < 1.29 is 0 Å². The van der Waals surface area contributed by atoms with Gasteiger partial charge in [-0.2, -0.15) is 0 Å². The normalized spacial score (nSPS) is 23.9. The molecule has 6 rings (SSSR count). The van der Waals surface area contributed by atoms with Gasteiger partial charge in [-0.1, -0.05) is 6.07 Å². The number of nitrogens with zero attached hydrogens (tertiary/aromatic N) is 4. The first-order chi connectivity index (χ1) is 13.3. The molecule has 2 aliphatic heterocycles. The summed E-state index contributed by atoms with van der Waals surface area (Å²) in [5.74, 6) is 2.04. The lowest BCUT2D eigenvalue weighted by Gasteiger charge is -2.43. The van der Waals surface area contributed by atoms with Crippen LogP contribution < -0.4 is 10.5 Å². The number of rotatable bonds is 1. The zero-order valence-corrected chi connectivity index (χ0v) is 16.0. The summed E-state index contributed by atoms with van der Waals surface area (Å²) in [6.45, 7) is 2.75. The Kier molecular flexibility index (Phi) is 3.45. The summed E-state index contributed by atoms with van der Waals surface area (Å²) in [5, 5.41) is 1.31. The third-order valence-electron chi connectivity index (χ3n) is 6.51.